The van der Waals surface area contributed by atoms with Crippen molar-refractivity contribution in [3.8, 4) is 5.75 Å². The third-order valence-electron chi connectivity index (χ3n) is 3.36. The normalized spacial score (nSPS) is 11.0. The first kappa shape index (κ1) is 12.0. The van der Waals surface area contributed by atoms with E-state index in [-0.39, 0.29) is 0 Å². The largest absolute Gasteiger partial charge is 0.492 e. The first-order chi connectivity index (χ1) is 9.40. The Labute approximate surface area is 113 Å². The van der Waals surface area contributed by atoms with Crippen molar-refractivity contribution in [2.75, 3.05) is 6.61 Å². The van der Waals surface area contributed by atoms with Crippen molar-refractivity contribution in [3.63, 3.8) is 0 Å². The molecular formula is C18H17O. The Morgan fingerprint density at radius 3 is 2.05 bits per heavy atom. The minimum atomic E-state index is 0.772. The molecular weight excluding hydrogens is 232 g/mol. The van der Waals surface area contributed by atoms with Crippen LogP contribution in [0, 0.1) is 6.07 Å². The molecule has 19 heavy (non-hydrogen) atoms. The zero-order chi connectivity index (χ0) is 13.1. The van der Waals surface area contributed by atoms with Crippen LogP contribution in [0.1, 0.15) is 19.8 Å². The number of ether oxygens (including phenoxy) is 1. The molecule has 0 atom stereocenters. The molecule has 0 heterocycles. The molecule has 0 fully saturated rings. The Balaban J connectivity index is 2.21. The predicted molar refractivity (Wildman–Crippen MR) is 80.7 cm³/mol. The minimum absolute atomic E-state index is 0.772. The second kappa shape index (κ2) is 5.31. The van der Waals surface area contributed by atoms with Crippen LogP contribution in [-0.4, -0.2) is 6.61 Å². The first-order valence-corrected chi connectivity index (χ1v) is 6.85. The average Bonchev–Trinajstić information content (AvgIpc) is 2.46. The summed E-state index contributed by atoms with van der Waals surface area (Å²) in [5.74, 6) is 0.999. The van der Waals surface area contributed by atoms with Gasteiger partial charge in [0.2, 0.25) is 0 Å². The van der Waals surface area contributed by atoms with Crippen LogP contribution in [-0.2, 0) is 0 Å². The number of fused-ring (bicyclic) bond motifs is 2. The van der Waals surface area contributed by atoms with Crippen LogP contribution in [0.15, 0.2) is 48.5 Å². The second-order valence-corrected chi connectivity index (χ2v) is 4.75. The fourth-order valence-corrected chi connectivity index (χ4v) is 2.34. The maximum atomic E-state index is 6.05. The van der Waals surface area contributed by atoms with Crippen molar-refractivity contribution < 1.29 is 4.74 Å². The number of rotatable bonds is 4. The second-order valence-electron chi connectivity index (χ2n) is 4.75. The summed E-state index contributed by atoms with van der Waals surface area (Å²) in [5, 5.41) is 4.54. The molecule has 3 aromatic rings. The summed E-state index contributed by atoms with van der Waals surface area (Å²) in [6, 6.07) is 20.1. The molecule has 1 heteroatoms. The van der Waals surface area contributed by atoms with Crippen molar-refractivity contribution in [1.29, 1.82) is 0 Å². The summed E-state index contributed by atoms with van der Waals surface area (Å²) < 4.78 is 6.05. The van der Waals surface area contributed by atoms with Crippen LogP contribution < -0.4 is 4.74 Å². The smallest absolute Gasteiger partial charge is 0.134 e. The molecule has 95 valence electrons. The van der Waals surface area contributed by atoms with Gasteiger partial charge in [-0.1, -0.05) is 61.9 Å². The highest BCUT2D eigenvalue weighted by Gasteiger charge is 2.08. The molecule has 0 bridgehead atoms. The molecule has 0 saturated heterocycles. The van der Waals surface area contributed by atoms with Gasteiger partial charge in [0.15, 0.2) is 0 Å². The SMILES string of the molecule is CCCCOc1c2ccccc2[c]c2ccccc12. The number of unbranched alkanes of at least 4 members (excludes halogenated alkanes) is 1. The van der Waals surface area contributed by atoms with Gasteiger partial charge in [-0.25, -0.2) is 0 Å². The van der Waals surface area contributed by atoms with Gasteiger partial charge in [-0.05, 0) is 23.3 Å². The molecule has 0 aliphatic rings. The molecule has 0 aliphatic carbocycles. The molecule has 3 rings (SSSR count). The lowest BCUT2D eigenvalue weighted by molar-refractivity contribution is 0.316. The maximum Gasteiger partial charge on any atom is 0.134 e. The van der Waals surface area contributed by atoms with Gasteiger partial charge in [0.25, 0.3) is 0 Å². The van der Waals surface area contributed by atoms with E-state index in [9.17, 15) is 0 Å². The van der Waals surface area contributed by atoms with Gasteiger partial charge < -0.3 is 4.74 Å². The van der Waals surface area contributed by atoms with E-state index >= 15 is 0 Å². The fourth-order valence-electron chi connectivity index (χ4n) is 2.34. The van der Waals surface area contributed by atoms with E-state index < -0.39 is 0 Å². The van der Waals surface area contributed by atoms with E-state index in [4.69, 9.17) is 4.74 Å². The standard InChI is InChI=1S/C18H17O/c1-2-3-12-19-18-16-10-6-4-8-14(16)13-15-9-5-7-11-17(15)18/h4-11H,2-3,12H2,1H3. The van der Waals surface area contributed by atoms with E-state index in [1.807, 2.05) is 12.1 Å². The first-order valence-electron chi connectivity index (χ1n) is 6.85. The van der Waals surface area contributed by atoms with Crippen molar-refractivity contribution in [2.24, 2.45) is 0 Å². The van der Waals surface area contributed by atoms with Crippen LogP contribution in [0.4, 0.5) is 0 Å². The van der Waals surface area contributed by atoms with Gasteiger partial charge in [0.05, 0.1) is 6.61 Å². The summed E-state index contributed by atoms with van der Waals surface area (Å²) in [5.41, 5.74) is 0. The van der Waals surface area contributed by atoms with Gasteiger partial charge >= 0.3 is 0 Å². The van der Waals surface area contributed by atoms with Gasteiger partial charge in [-0.3, -0.25) is 0 Å². The molecule has 0 unspecified atom stereocenters. The van der Waals surface area contributed by atoms with Gasteiger partial charge in [-0.15, -0.1) is 0 Å². The highest BCUT2D eigenvalue weighted by atomic mass is 16.5. The highest BCUT2D eigenvalue weighted by Crippen LogP contribution is 2.34. The molecule has 0 aromatic heterocycles. The van der Waals surface area contributed by atoms with Gasteiger partial charge in [0, 0.05) is 10.8 Å². The fraction of sp³-hybridized carbons (Fsp3) is 0.222. The Morgan fingerprint density at radius 1 is 0.895 bits per heavy atom. The molecule has 0 aliphatic heterocycles. The highest BCUT2D eigenvalue weighted by molar-refractivity contribution is 6.04. The number of benzene rings is 3. The molecule has 0 amide bonds. The maximum absolute atomic E-state index is 6.05. The number of hydrogen-bond acceptors (Lipinski definition) is 1. The molecule has 0 N–H and O–H groups in total. The molecule has 0 saturated carbocycles. The molecule has 1 radical (unpaired) electrons. The van der Waals surface area contributed by atoms with Crippen LogP contribution >= 0.6 is 0 Å². The Hall–Kier alpha value is -2.02. The lowest BCUT2D eigenvalue weighted by Gasteiger charge is -2.12. The average molecular weight is 249 g/mol. The van der Waals surface area contributed by atoms with E-state index in [1.165, 1.54) is 0 Å². The molecule has 1 nitrogen and oxygen atoms in total. The quantitative estimate of drug-likeness (QED) is 0.468. The van der Waals surface area contributed by atoms with E-state index in [1.54, 1.807) is 0 Å². The van der Waals surface area contributed by atoms with Crippen molar-refractivity contribution in [1.82, 2.24) is 0 Å². The third kappa shape index (κ3) is 2.28. The Morgan fingerprint density at radius 2 is 1.47 bits per heavy atom. The number of hydrogen-bond donors (Lipinski definition) is 0. The summed E-state index contributed by atoms with van der Waals surface area (Å²) in [6.07, 6.45) is 2.23. The zero-order valence-electron chi connectivity index (χ0n) is 11.1. The van der Waals surface area contributed by atoms with Crippen molar-refractivity contribution in [2.45, 2.75) is 19.8 Å². The lowest BCUT2D eigenvalue weighted by Crippen LogP contribution is -1.98. The lowest BCUT2D eigenvalue weighted by atomic mass is 10.0. The van der Waals surface area contributed by atoms with Crippen LogP contribution in [0.2, 0.25) is 0 Å². The zero-order valence-corrected chi connectivity index (χ0v) is 11.1. The minimum Gasteiger partial charge on any atom is -0.492 e. The predicted octanol–water partition coefficient (Wildman–Crippen LogP) is 4.97. The van der Waals surface area contributed by atoms with E-state index in [2.05, 4.69) is 49.4 Å². The Bertz CT molecular complexity index is 646. The van der Waals surface area contributed by atoms with E-state index in [0.717, 1.165) is 46.7 Å². The van der Waals surface area contributed by atoms with Gasteiger partial charge in [-0.2, -0.15) is 0 Å². The molecule has 0 spiro atoms. The summed E-state index contributed by atoms with van der Waals surface area (Å²) >= 11 is 0. The van der Waals surface area contributed by atoms with Crippen molar-refractivity contribution >= 4 is 21.5 Å². The summed E-state index contributed by atoms with van der Waals surface area (Å²) in [6.45, 7) is 2.95. The summed E-state index contributed by atoms with van der Waals surface area (Å²) in [7, 11) is 0. The van der Waals surface area contributed by atoms with Crippen LogP contribution in [0.3, 0.4) is 0 Å². The topological polar surface area (TPSA) is 9.23 Å². The van der Waals surface area contributed by atoms with Gasteiger partial charge in [0.1, 0.15) is 5.75 Å². The molecule has 3 aromatic carbocycles. The van der Waals surface area contributed by atoms with Crippen molar-refractivity contribution in [3.05, 3.63) is 54.6 Å². The Kier molecular flexibility index (Phi) is 3.37. The van der Waals surface area contributed by atoms with E-state index in [0.29, 0.717) is 0 Å². The monoisotopic (exact) mass is 249 g/mol. The third-order valence-corrected chi connectivity index (χ3v) is 3.36. The van der Waals surface area contributed by atoms with Crippen LogP contribution in [0.5, 0.6) is 5.75 Å². The van der Waals surface area contributed by atoms with Crippen LogP contribution in [0.25, 0.3) is 21.5 Å². The summed E-state index contributed by atoms with van der Waals surface area (Å²) in [4.78, 5) is 0.